The summed E-state index contributed by atoms with van der Waals surface area (Å²) in [6.45, 7) is 0. The molecule has 0 spiro atoms. The number of hydrogen-bond donors (Lipinski definition) is 6. The number of nitrogens with two attached hydrogens (primary N) is 1. The predicted octanol–water partition coefficient (Wildman–Crippen LogP) is 0.0179. The molecule has 2 heterocycles. The van der Waals surface area contributed by atoms with Gasteiger partial charge in [0, 0.05) is 18.2 Å². The molecule has 0 bridgehead atoms. The quantitative estimate of drug-likeness (QED) is 0.237. The minimum atomic E-state index is -1.30. The van der Waals surface area contributed by atoms with Crippen molar-refractivity contribution < 1.29 is 24.6 Å². The Kier molecular flexibility index (Phi) is 9.16. The number of aromatic amines is 2. The van der Waals surface area contributed by atoms with Gasteiger partial charge in [0.05, 0.1) is 5.39 Å². The molecule has 3 aromatic rings. The first-order valence-corrected chi connectivity index (χ1v) is 9.44. The molecule has 0 aliphatic heterocycles. The maximum absolute atomic E-state index is 12.3. The number of anilines is 1. The van der Waals surface area contributed by atoms with E-state index in [-0.39, 0.29) is 75.7 Å². The van der Waals surface area contributed by atoms with E-state index in [1.807, 2.05) is 0 Å². The molecule has 3 rings (SSSR count). The van der Waals surface area contributed by atoms with Crippen LogP contribution in [0.5, 0.6) is 0 Å². The fourth-order valence-electron chi connectivity index (χ4n) is 3.19. The van der Waals surface area contributed by atoms with Crippen LogP contribution in [0.3, 0.4) is 0 Å². The van der Waals surface area contributed by atoms with Gasteiger partial charge in [0.15, 0.2) is 0 Å². The van der Waals surface area contributed by atoms with Crippen molar-refractivity contribution in [2.45, 2.75) is 31.7 Å². The van der Waals surface area contributed by atoms with Crippen LogP contribution in [0.4, 0.5) is 5.95 Å². The van der Waals surface area contributed by atoms with E-state index in [1.165, 1.54) is 0 Å². The average Bonchev–Trinajstić information content (AvgIpc) is 3.12. The van der Waals surface area contributed by atoms with Gasteiger partial charge in [-0.05, 0) is 42.5 Å². The van der Waals surface area contributed by atoms with Crippen molar-refractivity contribution in [1.82, 2.24) is 20.3 Å². The van der Waals surface area contributed by atoms with Crippen molar-refractivity contribution in [2.75, 3.05) is 5.73 Å². The third kappa shape index (κ3) is 6.50. The molecule has 11 nitrogen and oxygen atoms in total. The molecule has 0 aliphatic rings. The van der Waals surface area contributed by atoms with Crippen LogP contribution in [0.15, 0.2) is 35.3 Å². The van der Waals surface area contributed by atoms with Crippen molar-refractivity contribution >= 4 is 86.2 Å². The molecule has 0 saturated carbocycles. The molecular formula is C20H22KN5O6. The zero-order valence-corrected chi connectivity index (χ0v) is 16.3. The van der Waals surface area contributed by atoms with Crippen LogP contribution in [0, 0.1) is 0 Å². The van der Waals surface area contributed by atoms with Gasteiger partial charge in [-0.3, -0.25) is 14.4 Å². The Morgan fingerprint density at radius 2 is 1.81 bits per heavy atom. The number of carbonyl (C=O) groups is 3. The Balaban J connectivity index is 0.00000363. The zero-order chi connectivity index (χ0) is 22.5. The Labute approximate surface area is 224 Å². The summed E-state index contributed by atoms with van der Waals surface area (Å²) in [6, 6.07) is 5.30. The standard InChI is InChI=1S/C20H21N5O6.K.H/c21-20-24-16-15(18(29)25-20)12(9-22-16)6-3-10-1-4-11(5-2-10)17(28)23-13(19(30)31)7-8-14(26)27;;/h1-2,4-5,9,13H,3,6-8H2,(H,23,28)(H,26,27)(H,30,31)(H4,21,22,24,25,29);;/t13-;;/m0../s1. The molecule has 1 amide bonds. The molecular weight excluding hydrogens is 445 g/mol. The number of benzene rings is 1. The van der Waals surface area contributed by atoms with Crippen molar-refractivity contribution in [1.29, 1.82) is 0 Å². The third-order valence-corrected chi connectivity index (χ3v) is 4.80. The molecule has 164 valence electrons. The Morgan fingerprint density at radius 1 is 1.12 bits per heavy atom. The molecule has 0 radical (unpaired) electrons. The number of H-pyrrole nitrogens is 2. The molecule has 0 saturated heterocycles. The minimum absolute atomic E-state index is 0. The number of rotatable bonds is 9. The number of aliphatic carboxylic acids is 2. The Morgan fingerprint density at radius 3 is 2.44 bits per heavy atom. The van der Waals surface area contributed by atoms with Gasteiger partial charge in [-0.2, -0.15) is 4.98 Å². The summed E-state index contributed by atoms with van der Waals surface area (Å²) >= 11 is 0. The van der Waals surface area contributed by atoms with Gasteiger partial charge in [0.2, 0.25) is 5.95 Å². The van der Waals surface area contributed by atoms with Crippen molar-refractivity contribution in [3.8, 4) is 0 Å². The number of nitrogens with one attached hydrogen (secondary N) is 3. The van der Waals surface area contributed by atoms with Gasteiger partial charge in [-0.25, -0.2) is 4.79 Å². The number of carboxylic acid groups (broad SMARTS) is 2. The summed E-state index contributed by atoms with van der Waals surface area (Å²) in [4.78, 5) is 55.7. The van der Waals surface area contributed by atoms with E-state index in [2.05, 4.69) is 20.3 Å². The van der Waals surface area contributed by atoms with Crippen LogP contribution in [0.25, 0.3) is 11.0 Å². The third-order valence-electron chi connectivity index (χ3n) is 4.80. The van der Waals surface area contributed by atoms with Gasteiger partial charge in [0.1, 0.15) is 11.7 Å². The second-order valence-corrected chi connectivity index (χ2v) is 6.98. The number of carbonyl (C=O) groups excluding carboxylic acids is 1. The van der Waals surface area contributed by atoms with Crippen LogP contribution in [0.1, 0.15) is 34.3 Å². The van der Waals surface area contributed by atoms with E-state index >= 15 is 0 Å². The number of carboxylic acids is 2. The van der Waals surface area contributed by atoms with Gasteiger partial charge >= 0.3 is 63.3 Å². The van der Waals surface area contributed by atoms with E-state index < -0.39 is 29.4 Å². The van der Waals surface area contributed by atoms with Crippen LogP contribution in [-0.4, -0.2) is 100 Å². The van der Waals surface area contributed by atoms with E-state index in [0.29, 0.717) is 23.9 Å². The summed E-state index contributed by atoms with van der Waals surface area (Å²) in [6.07, 6.45) is 2.29. The predicted molar refractivity (Wildman–Crippen MR) is 118 cm³/mol. The van der Waals surface area contributed by atoms with Crippen molar-refractivity contribution in [3.05, 3.63) is 57.5 Å². The fraction of sp³-hybridized carbons (Fsp3) is 0.250. The molecule has 1 aromatic carbocycles. The Bertz CT molecular complexity index is 1190. The maximum atomic E-state index is 12.3. The molecule has 7 N–H and O–H groups in total. The first kappa shape index (κ1) is 25.7. The number of nitrogens with zero attached hydrogens (tertiary/aromatic N) is 1. The number of fused-ring (bicyclic) bond motifs is 1. The first-order valence-electron chi connectivity index (χ1n) is 9.44. The van der Waals surface area contributed by atoms with Gasteiger partial charge in [-0.15, -0.1) is 0 Å². The van der Waals surface area contributed by atoms with E-state index in [9.17, 15) is 19.2 Å². The average molecular weight is 468 g/mol. The number of aryl methyl sites for hydroxylation is 2. The van der Waals surface area contributed by atoms with E-state index in [4.69, 9.17) is 15.9 Å². The summed E-state index contributed by atoms with van der Waals surface area (Å²) in [5.74, 6) is -3.00. The van der Waals surface area contributed by atoms with Crippen LogP contribution < -0.4 is 16.6 Å². The Hall–Kier alpha value is -2.51. The molecule has 32 heavy (non-hydrogen) atoms. The SMILES string of the molecule is Nc1nc(=O)c2c(CCc3ccc(C(=O)N[C@@H](CCC(=O)O)C(=O)O)cc3)c[nH]c2[nH]1.[KH]. The van der Waals surface area contributed by atoms with E-state index in [0.717, 1.165) is 11.1 Å². The van der Waals surface area contributed by atoms with Crippen LogP contribution in [0.2, 0.25) is 0 Å². The molecule has 12 heteroatoms. The number of aromatic nitrogens is 3. The second kappa shape index (κ2) is 11.4. The number of amides is 1. The van der Waals surface area contributed by atoms with Crippen LogP contribution >= 0.6 is 0 Å². The fourth-order valence-corrected chi connectivity index (χ4v) is 3.19. The van der Waals surface area contributed by atoms with Crippen molar-refractivity contribution in [2.24, 2.45) is 0 Å². The van der Waals surface area contributed by atoms with Gasteiger partial charge in [-0.1, -0.05) is 12.1 Å². The molecule has 0 aliphatic carbocycles. The van der Waals surface area contributed by atoms with E-state index in [1.54, 1.807) is 30.5 Å². The zero-order valence-electron chi connectivity index (χ0n) is 16.3. The number of nitrogen functional groups attached to an aromatic ring is 1. The number of hydrogen-bond acceptors (Lipinski definition) is 6. The topological polar surface area (TPSA) is 191 Å². The molecule has 1 atom stereocenters. The summed E-state index contributed by atoms with van der Waals surface area (Å²) in [7, 11) is 0. The van der Waals surface area contributed by atoms with Gasteiger partial charge < -0.3 is 31.2 Å². The van der Waals surface area contributed by atoms with Crippen molar-refractivity contribution in [3.63, 3.8) is 0 Å². The second-order valence-electron chi connectivity index (χ2n) is 6.98. The normalized spacial score (nSPS) is 11.5. The molecule has 2 aromatic heterocycles. The summed E-state index contributed by atoms with van der Waals surface area (Å²) < 4.78 is 0. The first-order chi connectivity index (χ1) is 14.7. The summed E-state index contributed by atoms with van der Waals surface area (Å²) in [5, 5.41) is 20.6. The molecule has 0 unspecified atom stereocenters. The van der Waals surface area contributed by atoms with Gasteiger partial charge in [0.25, 0.3) is 11.5 Å². The summed E-state index contributed by atoms with van der Waals surface area (Å²) in [5.41, 5.74) is 7.59. The molecule has 0 fully saturated rings. The van der Waals surface area contributed by atoms with Crippen LogP contribution in [-0.2, 0) is 22.4 Å². The monoisotopic (exact) mass is 467 g/mol.